The number of ether oxygens (including phenoxy) is 1. The monoisotopic (exact) mass is 414 g/mol. The molecule has 2 aromatic carbocycles. The van der Waals surface area contributed by atoms with Crippen molar-refractivity contribution in [1.29, 1.82) is 0 Å². The summed E-state index contributed by atoms with van der Waals surface area (Å²) in [6, 6.07) is 17.9. The summed E-state index contributed by atoms with van der Waals surface area (Å²) in [6.45, 7) is 4.98. The van der Waals surface area contributed by atoms with Gasteiger partial charge in [-0.25, -0.2) is 4.79 Å². The van der Waals surface area contributed by atoms with Crippen LogP contribution in [0.1, 0.15) is 30.2 Å². The van der Waals surface area contributed by atoms with Crippen LogP contribution in [0.3, 0.4) is 0 Å². The summed E-state index contributed by atoms with van der Waals surface area (Å²) < 4.78 is 7.34. The maximum atomic E-state index is 13.0. The third-order valence-corrected chi connectivity index (χ3v) is 5.88. The topological polar surface area (TPSA) is 44.1 Å². The Morgan fingerprint density at radius 1 is 1.17 bits per heavy atom. The molecule has 0 unspecified atom stereocenters. The number of benzene rings is 2. The van der Waals surface area contributed by atoms with E-state index < -0.39 is 0 Å². The van der Waals surface area contributed by atoms with E-state index in [-0.39, 0.29) is 12.3 Å². The highest BCUT2D eigenvalue weighted by atomic mass is 32.1. The Labute approximate surface area is 179 Å². The second-order valence-electron chi connectivity index (χ2n) is 7.36. The Morgan fingerprint density at radius 2 is 1.97 bits per heavy atom. The van der Waals surface area contributed by atoms with Gasteiger partial charge in [0.05, 0.1) is 17.8 Å². The smallest absolute Gasteiger partial charge is 0.348 e. The summed E-state index contributed by atoms with van der Waals surface area (Å²) in [7, 11) is 0. The number of thiophene rings is 1. The Kier molecular flexibility index (Phi) is 5.69. The lowest BCUT2D eigenvalue weighted by Crippen LogP contribution is -2.24. The fraction of sp³-hybridized carbons (Fsp3) is 0.200. The van der Waals surface area contributed by atoms with Crippen molar-refractivity contribution in [3.05, 3.63) is 80.9 Å². The molecule has 0 saturated carbocycles. The molecule has 0 atom stereocenters. The average Bonchev–Trinajstić information content (AvgIpc) is 3.27. The van der Waals surface area contributed by atoms with Gasteiger partial charge in [-0.15, -0.1) is 17.8 Å². The highest BCUT2D eigenvalue weighted by molar-refractivity contribution is 7.09. The molecule has 2 heterocycles. The van der Waals surface area contributed by atoms with Gasteiger partial charge in [-0.3, -0.25) is 4.57 Å². The maximum absolute atomic E-state index is 13.0. The van der Waals surface area contributed by atoms with Gasteiger partial charge in [-0.2, -0.15) is 4.98 Å². The van der Waals surface area contributed by atoms with Gasteiger partial charge in [0, 0.05) is 15.8 Å². The molecule has 0 aliphatic rings. The van der Waals surface area contributed by atoms with Crippen LogP contribution in [0.2, 0.25) is 0 Å². The molecule has 0 bridgehead atoms. The number of hydrogen-bond donors (Lipinski definition) is 0. The minimum Gasteiger partial charge on any atom is -0.481 e. The van der Waals surface area contributed by atoms with Crippen molar-refractivity contribution in [2.75, 3.05) is 6.61 Å². The zero-order valence-electron chi connectivity index (χ0n) is 17.0. The predicted molar refractivity (Wildman–Crippen MR) is 123 cm³/mol. The van der Waals surface area contributed by atoms with Crippen molar-refractivity contribution in [1.82, 2.24) is 9.55 Å². The SMILES string of the molecule is C#CCOc1ccc2c(c1)c(-c1ccc(C(C)C)cc1)nc(=O)n2Cc1cccs1. The second kappa shape index (κ2) is 8.56. The minimum atomic E-state index is -0.267. The van der Waals surface area contributed by atoms with Crippen molar-refractivity contribution in [3.63, 3.8) is 0 Å². The molecular weight excluding hydrogens is 392 g/mol. The summed E-state index contributed by atoms with van der Waals surface area (Å²) in [5.74, 6) is 3.58. The number of nitrogens with zero attached hydrogens (tertiary/aromatic N) is 2. The first kappa shape index (κ1) is 19.9. The van der Waals surface area contributed by atoms with E-state index in [4.69, 9.17) is 11.2 Å². The third kappa shape index (κ3) is 4.00. The minimum absolute atomic E-state index is 0.187. The molecular formula is C25H22N2O2S. The summed E-state index contributed by atoms with van der Waals surface area (Å²) in [6.07, 6.45) is 5.34. The van der Waals surface area contributed by atoms with Gasteiger partial charge < -0.3 is 4.74 Å². The van der Waals surface area contributed by atoms with Crippen LogP contribution in [-0.4, -0.2) is 16.2 Å². The number of hydrogen-bond acceptors (Lipinski definition) is 4. The maximum Gasteiger partial charge on any atom is 0.348 e. The summed E-state index contributed by atoms with van der Waals surface area (Å²) in [5.41, 5.74) is 3.35. The van der Waals surface area contributed by atoms with Gasteiger partial charge in [0.25, 0.3) is 0 Å². The van der Waals surface area contributed by atoms with Crippen LogP contribution in [0, 0.1) is 12.3 Å². The zero-order valence-corrected chi connectivity index (χ0v) is 17.8. The predicted octanol–water partition coefficient (Wildman–Crippen LogP) is 5.31. The zero-order chi connectivity index (χ0) is 21.1. The van der Waals surface area contributed by atoms with Crippen LogP contribution in [0.15, 0.2) is 64.8 Å². The van der Waals surface area contributed by atoms with Gasteiger partial charge >= 0.3 is 5.69 Å². The fourth-order valence-corrected chi connectivity index (χ4v) is 4.12. The average molecular weight is 415 g/mol. The van der Waals surface area contributed by atoms with Crippen LogP contribution in [0.5, 0.6) is 5.75 Å². The molecule has 0 saturated heterocycles. The number of terminal acetylenes is 1. The van der Waals surface area contributed by atoms with E-state index in [2.05, 4.69) is 36.9 Å². The lowest BCUT2D eigenvalue weighted by molar-refractivity contribution is 0.371. The van der Waals surface area contributed by atoms with Crippen molar-refractivity contribution in [3.8, 4) is 29.4 Å². The van der Waals surface area contributed by atoms with E-state index in [1.807, 2.05) is 47.8 Å². The lowest BCUT2D eigenvalue weighted by Gasteiger charge is -2.14. The van der Waals surface area contributed by atoms with Crippen molar-refractivity contribution in [2.24, 2.45) is 0 Å². The number of aromatic nitrogens is 2. The van der Waals surface area contributed by atoms with Gasteiger partial charge in [-0.05, 0) is 41.1 Å². The van der Waals surface area contributed by atoms with E-state index in [0.717, 1.165) is 21.3 Å². The molecule has 0 radical (unpaired) electrons. The van der Waals surface area contributed by atoms with Crippen molar-refractivity contribution >= 4 is 22.2 Å². The highest BCUT2D eigenvalue weighted by Gasteiger charge is 2.14. The third-order valence-electron chi connectivity index (χ3n) is 5.02. The fourth-order valence-electron chi connectivity index (χ4n) is 3.43. The van der Waals surface area contributed by atoms with Crippen LogP contribution in [-0.2, 0) is 6.54 Å². The van der Waals surface area contributed by atoms with Crippen molar-refractivity contribution < 1.29 is 4.74 Å². The quantitative estimate of drug-likeness (QED) is 0.402. The van der Waals surface area contributed by atoms with Crippen LogP contribution in [0.4, 0.5) is 0 Å². The van der Waals surface area contributed by atoms with E-state index in [1.54, 1.807) is 15.9 Å². The molecule has 0 aliphatic carbocycles. The Bertz CT molecular complexity index is 1260. The Morgan fingerprint density at radius 3 is 2.63 bits per heavy atom. The first-order chi connectivity index (χ1) is 14.6. The Hall–Kier alpha value is -3.36. The molecule has 0 fully saturated rings. The molecule has 4 aromatic rings. The first-order valence-electron chi connectivity index (χ1n) is 9.80. The molecule has 4 nitrogen and oxygen atoms in total. The van der Waals surface area contributed by atoms with E-state index in [0.29, 0.717) is 23.9 Å². The Balaban J connectivity index is 1.90. The molecule has 0 amide bonds. The number of rotatable bonds is 6. The van der Waals surface area contributed by atoms with Crippen LogP contribution in [0.25, 0.3) is 22.2 Å². The van der Waals surface area contributed by atoms with Crippen LogP contribution >= 0.6 is 11.3 Å². The van der Waals surface area contributed by atoms with Gasteiger partial charge in [0.2, 0.25) is 0 Å². The number of fused-ring (bicyclic) bond motifs is 1. The van der Waals surface area contributed by atoms with Gasteiger partial charge in [0.1, 0.15) is 12.4 Å². The molecule has 5 heteroatoms. The van der Waals surface area contributed by atoms with E-state index in [1.165, 1.54) is 5.56 Å². The van der Waals surface area contributed by atoms with Crippen LogP contribution < -0.4 is 10.4 Å². The normalized spacial score (nSPS) is 11.0. The summed E-state index contributed by atoms with van der Waals surface area (Å²) in [4.78, 5) is 18.5. The molecule has 4 rings (SSSR count). The van der Waals surface area contributed by atoms with E-state index >= 15 is 0 Å². The molecule has 150 valence electrons. The lowest BCUT2D eigenvalue weighted by atomic mass is 9.99. The van der Waals surface area contributed by atoms with Gasteiger partial charge in [-0.1, -0.05) is 50.1 Å². The largest absolute Gasteiger partial charge is 0.481 e. The summed E-state index contributed by atoms with van der Waals surface area (Å²) >= 11 is 1.62. The first-order valence-corrected chi connectivity index (χ1v) is 10.7. The van der Waals surface area contributed by atoms with E-state index in [9.17, 15) is 4.79 Å². The van der Waals surface area contributed by atoms with Crippen molar-refractivity contribution in [2.45, 2.75) is 26.3 Å². The molecule has 0 aliphatic heterocycles. The summed E-state index contributed by atoms with van der Waals surface area (Å²) in [5, 5.41) is 2.87. The molecule has 30 heavy (non-hydrogen) atoms. The molecule has 0 N–H and O–H groups in total. The highest BCUT2D eigenvalue weighted by Crippen LogP contribution is 2.30. The standard InChI is InChI=1S/C25H22N2O2S/c1-4-13-29-20-11-12-23-22(15-20)24(19-9-7-18(8-10-19)17(2)3)26-25(28)27(23)16-21-6-5-14-30-21/h1,5-12,14-15,17H,13,16H2,2-3H3. The van der Waals surface area contributed by atoms with Gasteiger partial charge in [0.15, 0.2) is 0 Å². The second-order valence-corrected chi connectivity index (χ2v) is 8.39. The molecule has 0 spiro atoms. The molecule has 2 aromatic heterocycles.